The fraction of sp³-hybridized carbons (Fsp3) is 0.294. The van der Waals surface area contributed by atoms with Gasteiger partial charge in [-0.25, -0.2) is 0 Å². The topological polar surface area (TPSA) is 35.2 Å². The molecule has 0 bridgehead atoms. The second kappa shape index (κ2) is 6.95. The van der Waals surface area contributed by atoms with E-state index in [0.717, 1.165) is 21.1 Å². The Morgan fingerprint density at radius 1 is 1.10 bits per heavy atom. The lowest BCUT2D eigenvalue weighted by atomic mass is 9.96. The summed E-state index contributed by atoms with van der Waals surface area (Å²) in [6.45, 7) is 4.19. The van der Waals surface area contributed by atoms with Crippen molar-refractivity contribution in [1.82, 2.24) is 0 Å². The predicted molar refractivity (Wildman–Crippen MR) is 94.9 cm³/mol. The highest BCUT2D eigenvalue weighted by atomic mass is 79.9. The van der Waals surface area contributed by atoms with E-state index in [2.05, 4.69) is 70.0 Å². The van der Waals surface area contributed by atoms with Gasteiger partial charge in [0.1, 0.15) is 5.75 Å². The molecule has 21 heavy (non-hydrogen) atoms. The molecule has 4 heteroatoms. The zero-order valence-corrected chi connectivity index (χ0v) is 15.6. The number of rotatable bonds is 4. The van der Waals surface area contributed by atoms with Gasteiger partial charge in [-0.2, -0.15) is 0 Å². The average molecular weight is 413 g/mol. The van der Waals surface area contributed by atoms with E-state index in [9.17, 15) is 0 Å². The molecular weight excluding hydrogens is 394 g/mol. The molecule has 0 saturated heterocycles. The second-order valence-electron chi connectivity index (χ2n) is 5.25. The molecule has 1 unspecified atom stereocenters. The molecule has 0 aliphatic heterocycles. The Balaban J connectivity index is 2.21. The lowest BCUT2D eigenvalue weighted by Crippen LogP contribution is -2.14. The number of halogens is 2. The van der Waals surface area contributed by atoms with E-state index < -0.39 is 0 Å². The van der Waals surface area contributed by atoms with Gasteiger partial charge < -0.3 is 10.5 Å². The molecule has 2 aromatic carbocycles. The molecule has 2 rings (SSSR count). The van der Waals surface area contributed by atoms with E-state index in [1.165, 1.54) is 22.3 Å². The molecule has 0 amide bonds. The lowest BCUT2D eigenvalue weighted by molar-refractivity contribution is 0.412. The van der Waals surface area contributed by atoms with Crippen LogP contribution < -0.4 is 10.5 Å². The molecule has 112 valence electrons. The Bertz CT molecular complexity index is 632. The fourth-order valence-corrected chi connectivity index (χ4v) is 3.22. The maximum atomic E-state index is 6.37. The van der Waals surface area contributed by atoms with Crippen LogP contribution >= 0.6 is 31.9 Å². The third-order valence-corrected chi connectivity index (χ3v) is 5.43. The van der Waals surface area contributed by atoms with E-state index in [1.54, 1.807) is 7.11 Å². The molecule has 0 radical (unpaired) electrons. The van der Waals surface area contributed by atoms with Crippen molar-refractivity contribution >= 4 is 31.9 Å². The number of hydrogen-bond acceptors (Lipinski definition) is 2. The van der Waals surface area contributed by atoms with Crippen LogP contribution in [0.3, 0.4) is 0 Å². The highest BCUT2D eigenvalue weighted by Gasteiger charge is 2.11. The van der Waals surface area contributed by atoms with Gasteiger partial charge in [0.2, 0.25) is 0 Å². The van der Waals surface area contributed by atoms with Crippen LogP contribution in [0.2, 0.25) is 0 Å². The minimum atomic E-state index is -0.0178. The molecule has 0 aromatic heterocycles. The van der Waals surface area contributed by atoms with Crippen molar-refractivity contribution in [2.24, 2.45) is 5.73 Å². The fourth-order valence-electron chi connectivity index (χ4n) is 2.40. The lowest BCUT2D eigenvalue weighted by Gasteiger charge is -2.16. The molecule has 1 atom stereocenters. The van der Waals surface area contributed by atoms with Crippen LogP contribution in [0, 0.1) is 13.8 Å². The normalized spacial score (nSPS) is 12.3. The van der Waals surface area contributed by atoms with Crippen molar-refractivity contribution < 1.29 is 4.74 Å². The summed E-state index contributed by atoms with van der Waals surface area (Å²) in [5, 5.41) is 0. The summed E-state index contributed by atoms with van der Waals surface area (Å²) in [5.41, 5.74) is 11.2. The zero-order chi connectivity index (χ0) is 15.6. The Labute approximate surface area is 143 Å². The Kier molecular flexibility index (Phi) is 5.47. The Hall–Kier alpha value is -0.840. The standard InChI is InChI=1S/C17H19Br2NO/c1-10-6-13(7-11(2)17(10)19)15(20)9-12-4-5-16(21-3)14(18)8-12/h4-8,15H,9,20H2,1-3H3. The summed E-state index contributed by atoms with van der Waals surface area (Å²) in [5.74, 6) is 0.836. The average Bonchev–Trinajstić information content (AvgIpc) is 2.44. The Morgan fingerprint density at radius 2 is 1.71 bits per heavy atom. The van der Waals surface area contributed by atoms with E-state index in [-0.39, 0.29) is 6.04 Å². The van der Waals surface area contributed by atoms with Crippen LogP contribution in [0.5, 0.6) is 5.75 Å². The van der Waals surface area contributed by atoms with Gasteiger partial charge in [-0.3, -0.25) is 0 Å². The predicted octanol–water partition coefficient (Wildman–Crippen LogP) is 5.08. The summed E-state index contributed by atoms with van der Waals surface area (Å²) in [7, 11) is 1.67. The summed E-state index contributed by atoms with van der Waals surface area (Å²) >= 11 is 7.11. The molecule has 2 aromatic rings. The van der Waals surface area contributed by atoms with Crippen LogP contribution in [-0.2, 0) is 6.42 Å². The summed E-state index contributed by atoms with van der Waals surface area (Å²) < 4.78 is 7.37. The van der Waals surface area contributed by atoms with Gasteiger partial charge in [0.15, 0.2) is 0 Å². The maximum Gasteiger partial charge on any atom is 0.133 e. The first-order chi connectivity index (χ1) is 9.92. The first-order valence-corrected chi connectivity index (χ1v) is 8.35. The summed E-state index contributed by atoms with van der Waals surface area (Å²) in [6, 6.07) is 10.4. The smallest absolute Gasteiger partial charge is 0.133 e. The number of nitrogens with two attached hydrogens (primary N) is 1. The largest absolute Gasteiger partial charge is 0.496 e. The van der Waals surface area contributed by atoms with Crippen LogP contribution in [0.4, 0.5) is 0 Å². The molecule has 0 fully saturated rings. The first-order valence-electron chi connectivity index (χ1n) is 6.77. The molecular formula is C17H19Br2NO. The molecule has 0 aliphatic rings. The van der Waals surface area contributed by atoms with Gasteiger partial charge in [0.05, 0.1) is 11.6 Å². The van der Waals surface area contributed by atoms with E-state index in [4.69, 9.17) is 10.5 Å². The minimum absolute atomic E-state index is 0.0178. The maximum absolute atomic E-state index is 6.37. The number of aryl methyl sites for hydroxylation is 2. The van der Waals surface area contributed by atoms with Gasteiger partial charge in [-0.1, -0.05) is 34.1 Å². The summed E-state index contributed by atoms with van der Waals surface area (Å²) in [6.07, 6.45) is 0.795. The summed E-state index contributed by atoms with van der Waals surface area (Å²) in [4.78, 5) is 0. The number of ether oxygens (including phenoxy) is 1. The van der Waals surface area contributed by atoms with Gasteiger partial charge in [-0.15, -0.1) is 0 Å². The van der Waals surface area contributed by atoms with E-state index in [0.29, 0.717) is 0 Å². The van der Waals surface area contributed by atoms with Crippen LogP contribution in [0.25, 0.3) is 0 Å². The quantitative estimate of drug-likeness (QED) is 0.759. The van der Waals surface area contributed by atoms with Crippen molar-refractivity contribution in [2.45, 2.75) is 26.3 Å². The minimum Gasteiger partial charge on any atom is -0.496 e. The molecule has 0 saturated carbocycles. The highest BCUT2D eigenvalue weighted by molar-refractivity contribution is 9.10. The van der Waals surface area contributed by atoms with Crippen molar-refractivity contribution in [1.29, 1.82) is 0 Å². The highest BCUT2D eigenvalue weighted by Crippen LogP contribution is 2.29. The van der Waals surface area contributed by atoms with Crippen molar-refractivity contribution in [3.8, 4) is 5.75 Å². The monoisotopic (exact) mass is 411 g/mol. The van der Waals surface area contributed by atoms with E-state index in [1.807, 2.05) is 6.07 Å². The second-order valence-corrected chi connectivity index (χ2v) is 6.90. The Morgan fingerprint density at radius 3 is 2.24 bits per heavy atom. The zero-order valence-electron chi connectivity index (χ0n) is 12.4. The van der Waals surface area contributed by atoms with Crippen LogP contribution in [0.1, 0.15) is 28.3 Å². The number of benzene rings is 2. The van der Waals surface area contributed by atoms with Crippen molar-refractivity contribution in [3.63, 3.8) is 0 Å². The molecule has 2 N–H and O–H groups in total. The third-order valence-electron chi connectivity index (χ3n) is 3.56. The third kappa shape index (κ3) is 3.87. The molecule has 0 spiro atoms. The van der Waals surface area contributed by atoms with Crippen LogP contribution in [0.15, 0.2) is 39.3 Å². The van der Waals surface area contributed by atoms with Crippen molar-refractivity contribution in [2.75, 3.05) is 7.11 Å². The van der Waals surface area contributed by atoms with Gasteiger partial charge >= 0.3 is 0 Å². The van der Waals surface area contributed by atoms with Gasteiger partial charge in [-0.05, 0) is 70.6 Å². The first kappa shape index (κ1) is 16.5. The SMILES string of the molecule is COc1ccc(CC(N)c2cc(C)c(Br)c(C)c2)cc1Br. The van der Waals surface area contributed by atoms with E-state index >= 15 is 0 Å². The van der Waals surface area contributed by atoms with Gasteiger partial charge in [0.25, 0.3) is 0 Å². The van der Waals surface area contributed by atoms with Crippen LogP contribution in [-0.4, -0.2) is 7.11 Å². The van der Waals surface area contributed by atoms with Gasteiger partial charge in [0, 0.05) is 10.5 Å². The number of hydrogen-bond donors (Lipinski definition) is 1. The van der Waals surface area contributed by atoms with Crippen molar-refractivity contribution in [3.05, 3.63) is 61.5 Å². The number of methoxy groups -OCH3 is 1. The molecule has 2 nitrogen and oxygen atoms in total. The molecule has 0 heterocycles. The molecule has 0 aliphatic carbocycles.